The van der Waals surface area contributed by atoms with Crippen molar-refractivity contribution in [2.45, 2.75) is 123 Å². The van der Waals surface area contributed by atoms with Gasteiger partial charge in [-0.05, 0) is 69.1 Å². The number of aliphatic hydroxyl groups excluding tert-OH is 2. The molecule has 4 fully saturated rings. The van der Waals surface area contributed by atoms with Gasteiger partial charge in [0.1, 0.15) is 11.4 Å². The predicted octanol–water partition coefficient (Wildman–Crippen LogP) is 3.99. The predicted molar refractivity (Wildman–Crippen MR) is 136 cm³/mol. The molecule has 0 aromatic carbocycles. The first kappa shape index (κ1) is 26.5. The number of ketones is 2. The van der Waals surface area contributed by atoms with Crippen molar-refractivity contribution in [3.8, 4) is 0 Å². The van der Waals surface area contributed by atoms with Crippen LogP contribution in [0.2, 0.25) is 0 Å². The molecular formula is C30H46O6. The molecule has 1 aliphatic heterocycles. The number of hydrogen-bond acceptors (Lipinski definition) is 6. The van der Waals surface area contributed by atoms with Crippen LogP contribution < -0.4 is 0 Å². The number of carbonyl (C=O) groups excluding carboxylic acids is 2. The van der Waals surface area contributed by atoms with Crippen LogP contribution in [0, 0.1) is 39.4 Å². The molecule has 10 atom stereocenters. The first-order valence-electron chi connectivity index (χ1n) is 13.9. The first-order chi connectivity index (χ1) is 16.3. The van der Waals surface area contributed by atoms with Crippen LogP contribution in [-0.2, 0) is 14.3 Å². The lowest BCUT2D eigenvalue weighted by Gasteiger charge is -2.64. The van der Waals surface area contributed by atoms with Crippen LogP contribution >= 0.6 is 0 Å². The first-order valence-corrected chi connectivity index (χ1v) is 13.9. The third-order valence-corrected chi connectivity index (χ3v) is 12.3. The van der Waals surface area contributed by atoms with Crippen molar-refractivity contribution in [1.82, 2.24) is 0 Å². The van der Waals surface area contributed by atoms with Gasteiger partial charge in [-0.3, -0.25) is 9.59 Å². The third kappa shape index (κ3) is 3.05. The smallest absolute Gasteiger partial charge is 0.167 e. The molecule has 202 valence electrons. The molecule has 0 amide bonds. The molecule has 36 heavy (non-hydrogen) atoms. The third-order valence-electron chi connectivity index (χ3n) is 12.3. The van der Waals surface area contributed by atoms with E-state index in [0.717, 1.165) is 12.8 Å². The second kappa shape index (κ2) is 7.52. The zero-order valence-corrected chi connectivity index (χ0v) is 23.4. The Hall–Kier alpha value is -1.08. The van der Waals surface area contributed by atoms with Gasteiger partial charge in [0.2, 0.25) is 0 Å². The molecule has 0 unspecified atom stereocenters. The van der Waals surface area contributed by atoms with Gasteiger partial charge in [0.15, 0.2) is 5.78 Å². The van der Waals surface area contributed by atoms with Crippen molar-refractivity contribution in [3.63, 3.8) is 0 Å². The fraction of sp³-hybridized carbons (Fsp3) is 0.867. The molecule has 0 spiro atoms. The molecular weight excluding hydrogens is 456 g/mol. The highest BCUT2D eigenvalue weighted by Crippen LogP contribution is 2.74. The van der Waals surface area contributed by atoms with Gasteiger partial charge in [-0.15, -0.1) is 0 Å². The summed E-state index contributed by atoms with van der Waals surface area (Å²) in [5.41, 5.74) is -3.14. The molecule has 6 heteroatoms. The van der Waals surface area contributed by atoms with Crippen molar-refractivity contribution < 1.29 is 29.6 Å². The number of carbonyl (C=O) groups is 2. The van der Waals surface area contributed by atoms with Crippen molar-refractivity contribution in [3.05, 3.63) is 11.6 Å². The highest BCUT2D eigenvalue weighted by atomic mass is 16.5. The van der Waals surface area contributed by atoms with Crippen molar-refractivity contribution in [2.75, 3.05) is 0 Å². The average Bonchev–Trinajstić information content (AvgIpc) is 3.15. The number of ether oxygens (including phenoxy) is 1. The molecule has 6 nitrogen and oxygen atoms in total. The molecule has 1 heterocycles. The maximum atomic E-state index is 14.3. The summed E-state index contributed by atoms with van der Waals surface area (Å²) in [7, 11) is 0. The summed E-state index contributed by atoms with van der Waals surface area (Å²) >= 11 is 0. The van der Waals surface area contributed by atoms with Crippen LogP contribution in [0.1, 0.15) is 93.9 Å². The average molecular weight is 503 g/mol. The quantitative estimate of drug-likeness (QED) is 0.493. The van der Waals surface area contributed by atoms with E-state index in [2.05, 4.69) is 40.7 Å². The largest absolute Gasteiger partial charge is 0.393 e. The van der Waals surface area contributed by atoms with Crippen LogP contribution in [0.15, 0.2) is 11.6 Å². The maximum Gasteiger partial charge on any atom is 0.167 e. The van der Waals surface area contributed by atoms with E-state index in [0.29, 0.717) is 19.3 Å². The Morgan fingerprint density at radius 3 is 2.19 bits per heavy atom. The van der Waals surface area contributed by atoms with Gasteiger partial charge in [-0.25, -0.2) is 0 Å². The number of fused-ring (bicyclic) bond motifs is 5. The highest BCUT2D eigenvalue weighted by Gasteiger charge is 2.75. The van der Waals surface area contributed by atoms with Gasteiger partial charge in [0, 0.05) is 29.6 Å². The summed E-state index contributed by atoms with van der Waals surface area (Å²) in [6.07, 6.45) is 3.58. The zero-order valence-electron chi connectivity index (χ0n) is 23.4. The van der Waals surface area contributed by atoms with Gasteiger partial charge in [-0.1, -0.05) is 46.3 Å². The standard InChI is InChI=1S/C30H46O6/c1-25(2)16-9-11-19-27(5)14-18(31)24(30(8)21(33)13-23(36-30)26(3,4)35)28(27,6)15-22(34)29(19,7)17(16)10-12-20(25)32/h9,17-20,23-24,31-32,35H,10-15H2,1-8H3/t17-,18-,19+,20-,23+,24+,27+,28-,29+,30-/m1/s1. The second-order valence-corrected chi connectivity index (χ2v) is 14.8. The molecule has 3 N–H and O–H groups in total. The normalized spacial score (nSPS) is 52.5. The van der Waals surface area contributed by atoms with E-state index < -0.39 is 46.3 Å². The summed E-state index contributed by atoms with van der Waals surface area (Å²) in [6.45, 7) is 15.7. The van der Waals surface area contributed by atoms with Gasteiger partial charge in [0.25, 0.3) is 0 Å². The fourth-order valence-corrected chi connectivity index (χ4v) is 9.88. The van der Waals surface area contributed by atoms with Crippen molar-refractivity contribution >= 4 is 11.6 Å². The van der Waals surface area contributed by atoms with Crippen LogP contribution in [0.5, 0.6) is 0 Å². The van der Waals surface area contributed by atoms with E-state index in [9.17, 15) is 24.9 Å². The Labute approximate surface area is 215 Å². The summed E-state index contributed by atoms with van der Waals surface area (Å²) in [4.78, 5) is 27.8. The molecule has 5 rings (SSSR count). The molecule has 0 aromatic heterocycles. The van der Waals surface area contributed by atoms with E-state index >= 15 is 0 Å². The summed E-state index contributed by atoms with van der Waals surface area (Å²) in [5, 5.41) is 33.0. The van der Waals surface area contributed by atoms with E-state index in [4.69, 9.17) is 4.74 Å². The lowest BCUT2D eigenvalue weighted by Crippen LogP contribution is -2.64. The van der Waals surface area contributed by atoms with Gasteiger partial charge in [0.05, 0.1) is 23.9 Å². The molecule has 5 aliphatic rings. The van der Waals surface area contributed by atoms with Crippen molar-refractivity contribution in [2.24, 2.45) is 39.4 Å². The minimum Gasteiger partial charge on any atom is -0.393 e. The lowest BCUT2D eigenvalue weighted by atomic mass is 9.38. The van der Waals surface area contributed by atoms with E-state index in [1.54, 1.807) is 20.8 Å². The van der Waals surface area contributed by atoms with Crippen LogP contribution in [0.4, 0.5) is 0 Å². The minimum atomic E-state index is -1.25. The van der Waals surface area contributed by atoms with Crippen LogP contribution in [0.25, 0.3) is 0 Å². The fourth-order valence-electron chi connectivity index (χ4n) is 9.88. The maximum absolute atomic E-state index is 14.3. The summed E-state index contributed by atoms with van der Waals surface area (Å²) in [6, 6.07) is 0. The molecule has 1 saturated heterocycles. The van der Waals surface area contributed by atoms with E-state index in [1.165, 1.54) is 5.57 Å². The Balaban J connectivity index is 1.59. The number of hydrogen-bond donors (Lipinski definition) is 3. The number of Topliss-reactive ketones (excluding diaryl/α,β-unsaturated/α-hetero) is 2. The van der Waals surface area contributed by atoms with E-state index in [1.807, 2.05) is 0 Å². The Morgan fingerprint density at radius 1 is 0.972 bits per heavy atom. The molecule has 0 aromatic rings. The number of aliphatic hydroxyl groups is 3. The SMILES string of the molecule is CC(C)(O)[C@@H]1CC(=O)[C@](C)([C@H]2[C@H](O)C[C@@]3(C)[C@@H]4CC=C5[C@@H](CC[C@@H](O)C5(C)C)[C@]4(C)C(=O)C[C@]23C)O1. The topological polar surface area (TPSA) is 104 Å². The number of allylic oxidation sites excluding steroid dienone is 1. The Bertz CT molecular complexity index is 1020. The van der Waals surface area contributed by atoms with Gasteiger partial charge >= 0.3 is 0 Å². The van der Waals surface area contributed by atoms with Gasteiger partial charge < -0.3 is 20.1 Å². The summed E-state index contributed by atoms with van der Waals surface area (Å²) in [5.74, 6) is -0.306. The van der Waals surface area contributed by atoms with Crippen LogP contribution in [0.3, 0.4) is 0 Å². The summed E-state index contributed by atoms with van der Waals surface area (Å²) < 4.78 is 6.35. The molecule has 3 saturated carbocycles. The Kier molecular flexibility index (Phi) is 5.54. The minimum absolute atomic E-state index is 0.0286. The number of rotatable bonds is 2. The van der Waals surface area contributed by atoms with Crippen LogP contribution in [-0.4, -0.2) is 56.4 Å². The molecule has 0 radical (unpaired) electrons. The van der Waals surface area contributed by atoms with E-state index in [-0.39, 0.29) is 40.7 Å². The van der Waals surface area contributed by atoms with Gasteiger partial charge in [-0.2, -0.15) is 0 Å². The Morgan fingerprint density at radius 2 is 1.61 bits per heavy atom. The highest BCUT2D eigenvalue weighted by molar-refractivity contribution is 5.91. The zero-order chi connectivity index (χ0) is 26.9. The molecule has 4 aliphatic carbocycles. The second-order valence-electron chi connectivity index (χ2n) is 14.8. The monoisotopic (exact) mass is 502 g/mol. The molecule has 0 bridgehead atoms. The lowest BCUT2D eigenvalue weighted by molar-refractivity contribution is -0.196. The van der Waals surface area contributed by atoms with Crippen molar-refractivity contribution in [1.29, 1.82) is 0 Å².